The fourth-order valence-corrected chi connectivity index (χ4v) is 2.79. The maximum Gasteiger partial charge on any atom is -0.0353 e. The molecule has 0 heteroatoms. The van der Waals surface area contributed by atoms with Crippen LogP contribution in [-0.4, -0.2) is 0 Å². The average molecular weight is 267 g/mol. The fraction of sp³-hybridized carbons (Fsp3) is 0.895. The lowest BCUT2D eigenvalue weighted by Gasteiger charge is -2.14. The molecule has 0 aromatic carbocycles. The smallest absolute Gasteiger partial charge is 0.0353 e. The Hall–Kier alpha value is -0.260. The normalized spacial score (nSPS) is 14.3. The van der Waals surface area contributed by atoms with Crippen LogP contribution in [0, 0.1) is 11.8 Å². The van der Waals surface area contributed by atoms with Gasteiger partial charge in [-0.15, -0.1) is 6.58 Å². The van der Waals surface area contributed by atoms with Crippen LogP contribution >= 0.6 is 0 Å². The molecule has 0 unspecified atom stereocenters. The summed E-state index contributed by atoms with van der Waals surface area (Å²) in [5.74, 6) is 1.89. The summed E-state index contributed by atoms with van der Waals surface area (Å²) in [5, 5.41) is 0. The molecule has 0 aliphatic rings. The molecule has 0 amide bonds. The first-order valence-corrected chi connectivity index (χ1v) is 8.81. The molecule has 114 valence electrons. The van der Waals surface area contributed by atoms with Crippen molar-refractivity contribution in [3.8, 4) is 0 Å². The third-order valence-electron chi connectivity index (χ3n) is 4.30. The third-order valence-corrected chi connectivity index (χ3v) is 4.30. The Morgan fingerprint density at radius 1 is 0.737 bits per heavy atom. The molecule has 0 saturated heterocycles. The van der Waals surface area contributed by atoms with Gasteiger partial charge >= 0.3 is 0 Å². The lowest BCUT2D eigenvalue weighted by Crippen LogP contribution is -1.99. The van der Waals surface area contributed by atoms with E-state index >= 15 is 0 Å². The Balaban J connectivity index is 3.29. The van der Waals surface area contributed by atoms with Gasteiger partial charge in [0.25, 0.3) is 0 Å². The minimum atomic E-state index is 0.942. The zero-order valence-electron chi connectivity index (χ0n) is 13.9. The molecular formula is C19H38. The summed E-state index contributed by atoms with van der Waals surface area (Å²) >= 11 is 0. The number of rotatable bonds is 14. The van der Waals surface area contributed by atoms with E-state index in [0.29, 0.717) is 0 Å². The summed E-state index contributed by atoms with van der Waals surface area (Å²) in [5.41, 5.74) is 0. The largest absolute Gasteiger partial charge is 0.103 e. The molecule has 0 fully saturated rings. The van der Waals surface area contributed by atoms with Crippen LogP contribution in [0.15, 0.2) is 12.7 Å². The topological polar surface area (TPSA) is 0 Å². The quantitative estimate of drug-likeness (QED) is 0.231. The van der Waals surface area contributed by atoms with Gasteiger partial charge in [0.05, 0.1) is 0 Å². The van der Waals surface area contributed by atoms with Gasteiger partial charge in [-0.2, -0.15) is 0 Å². The lowest BCUT2D eigenvalue weighted by atomic mass is 9.92. The van der Waals surface area contributed by atoms with Crippen LogP contribution in [0.1, 0.15) is 97.8 Å². The van der Waals surface area contributed by atoms with Gasteiger partial charge < -0.3 is 0 Å². The van der Waals surface area contributed by atoms with Crippen molar-refractivity contribution in [2.24, 2.45) is 11.8 Å². The van der Waals surface area contributed by atoms with E-state index in [1.807, 2.05) is 6.08 Å². The van der Waals surface area contributed by atoms with Crippen molar-refractivity contribution in [2.45, 2.75) is 97.8 Å². The van der Waals surface area contributed by atoms with Crippen molar-refractivity contribution in [3.05, 3.63) is 12.7 Å². The van der Waals surface area contributed by atoms with Crippen molar-refractivity contribution < 1.29 is 0 Å². The van der Waals surface area contributed by atoms with Gasteiger partial charge in [-0.1, -0.05) is 91.1 Å². The zero-order chi connectivity index (χ0) is 14.3. The van der Waals surface area contributed by atoms with Crippen LogP contribution < -0.4 is 0 Å². The molecule has 0 aliphatic heterocycles. The molecule has 0 radical (unpaired) electrons. The van der Waals surface area contributed by atoms with E-state index < -0.39 is 0 Å². The maximum atomic E-state index is 3.77. The highest BCUT2D eigenvalue weighted by atomic mass is 14.1. The van der Waals surface area contributed by atoms with Crippen LogP contribution in [-0.2, 0) is 0 Å². The Bertz CT molecular complexity index is 182. The van der Waals surface area contributed by atoms with E-state index in [-0.39, 0.29) is 0 Å². The Kier molecular flexibility index (Phi) is 14.0. The first kappa shape index (κ1) is 18.7. The number of unbranched alkanes of at least 4 members (excludes halogenated alkanes) is 5. The number of hydrogen-bond acceptors (Lipinski definition) is 0. The Morgan fingerprint density at radius 3 is 1.84 bits per heavy atom. The molecule has 0 nitrogen and oxygen atoms in total. The molecule has 0 aromatic rings. The van der Waals surface area contributed by atoms with Gasteiger partial charge in [0, 0.05) is 0 Å². The van der Waals surface area contributed by atoms with Crippen LogP contribution in [0.5, 0.6) is 0 Å². The second kappa shape index (κ2) is 14.2. The number of allylic oxidation sites excluding steroid dienone is 1. The van der Waals surface area contributed by atoms with Crippen LogP contribution in [0.3, 0.4) is 0 Å². The van der Waals surface area contributed by atoms with E-state index in [1.165, 1.54) is 77.0 Å². The summed E-state index contributed by atoms with van der Waals surface area (Å²) in [6.45, 7) is 10.9. The highest BCUT2D eigenvalue weighted by molar-refractivity contribution is 4.65. The first-order chi connectivity index (χ1) is 9.20. The standard InChI is InChI=1S/C19H38/c1-5-7-9-10-11-12-15-19(4)17-13-16-18(3)14-8-6-2/h5,18-19H,1,6-17H2,2-4H3/t18-,19-/m0/s1. The van der Waals surface area contributed by atoms with Crippen molar-refractivity contribution in [3.63, 3.8) is 0 Å². The molecule has 19 heavy (non-hydrogen) atoms. The molecule has 0 spiro atoms. The van der Waals surface area contributed by atoms with E-state index in [0.717, 1.165) is 11.8 Å². The predicted molar refractivity (Wildman–Crippen MR) is 89.6 cm³/mol. The second-order valence-electron chi connectivity index (χ2n) is 6.56. The highest BCUT2D eigenvalue weighted by Crippen LogP contribution is 2.20. The number of hydrogen-bond donors (Lipinski definition) is 0. The molecule has 2 atom stereocenters. The molecule has 0 saturated carbocycles. The second-order valence-corrected chi connectivity index (χ2v) is 6.56. The van der Waals surface area contributed by atoms with Gasteiger partial charge in [0.2, 0.25) is 0 Å². The molecule has 0 rings (SSSR count). The predicted octanol–water partition coefficient (Wildman–Crippen LogP) is 7.15. The van der Waals surface area contributed by atoms with Gasteiger partial charge in [0.1, 0.15) is 0 Å². The van der Waals surface area contributed by atoms with Gasteiger partial charge in [-0.25, -0.2) is 0 Å². The third kappa shape index (κ3) is 14.0. The molecule has 0 aromatic heterocycles. The molecule has 0 heterocycles. The van der Waals surface area contributed by atoms with Crippen molar-refractivity contribution in [1.29, 1.82) is 0 Å². The molecular weight excluding hydrogens is 228 g/mol. The van der Waals surface area contributed by atoms with Gasteiger partial charge in [0.15, 0.2) is 0 Å². The monoisotopic (exact) mass is 266 g/mol. The first-order valence-electron chi connectivity index (χ1n) is 8.81. The average Bonchev–Trinajstić information content (AvgIpc) is 2.40. The summed E-state index contributed by atoms with van der Waals surface area (Å²) < 4.78 is 0. The van der Waals surface area contributed by atoms with Gasteiger partial charge in [-0.3, -0.25) is 0 Å². The van der Waals surface area contributed by atoms with E-state index in [1.54, 1.807) is 0 Å². The summed E-state index contributed by atoms with van der Waals surface area (Å²) in [7, 11) is 0. The van der Waals surface area contributed by atoms with Crippen LogP contribution in [0.2, 0.25) is 0 Å². The van der Waals surface area contributed by atoms with E-state index in [2.05, 4.69) is 27.4 Å². The van der Waals surface area contributed by atoms with E-state index in [4.69, 9.17) is 0 Å². The molecule has 0 N–H and O–H groups in total. The van der Waals surface area contributed by atoms with Crippen LogP contribution in [0.4, 0.5) is 0 Å². The summed E-state index contributed by atoms with van der Waals surface area (Å²) in [6, 6.07) is 0. The highest BCUT2D eigenvalue weighted by Gasteiger charge is 2.05. The van der Waals surface area contributed by atoms with Crippen molar-refractivity contribution >= 4 is 0 Å². The maximum absolute atomic E-state index is 3.77. The fourth-order valence-electron chi connectivity index (χ4n) is 2.79. The van der Waals surface area contributed by atoms with Crippen LogP contribution in [0.25, 0.3) is 0 Å². The minimum absolute atomic E-state index is 0.942. The summed E-state index contributed by atoms with van der Waals surface area (Å²) in [6.07, 6.45) is 18.8. The summed E-state index contributed by atoms with van der Waals surface area (Å²) in [4.78, 5) is 0. The molecule has 0 aliphatic carbocycles. The van der Waals surface area contributed by atoms with E-state index in [9.17, 15) is 0 Å². The Labute approximate surface area is 123 Å². The SMILES string of the molecule is C=CCCCCCC[C@H](C)CCC[C@@H](C)CCCC. The lowest BCUT2D eigenvalue weighted by molar-refractivity contribution is 0.395. The zero-order valence-corrected chi connectivity index (χ0v) is 13.9. The van der Waals surface area contributed by atoms with Crippen molar-refractivity contribution in [2.75, 3.05) is 0 Å². The van der Waals surface area contributed by atoms with Crippen molar-refractivity contribution in [1.82, 2.24) is 0 Å². The minimum Gasteiger partial charge on any atom is -0.103 e. The van der Waals surface area contributed by atoms with Gasteiger partial charge in [-0.05, 0) is 24.7 Å². The molecule has 0 bridgehead atoms. The Morgan fingerprint density at radius 2 is 1.26 bits per heavy atom.